The second kappa shape index (κ2) is 4.30. The summed E-state index contributed by atoms with van der Waals surface area (Å²) in [5.41, 5.74) is 6.43. The molecule has 0 bridgehead atoms. The van der Waals surface area contributed by atoms with Crippen LogP contribution < -0.4 is 10.5 Å². The van der Waals surface area contributed by atoms with Gasteiger partial charge in [-0.05, 0) is 19.1 Å². The van der Waals surface area contributed by atoms with Gasteiger partial charge in [-0.2, -0.15) is 0 Å². The van der Waals surface area contributed by atoms with E-state index in [1.54, 1.807) is 13.0 Å². The molecule has 0 unspecified atom stereocenters. The predicted molar refractivity (Wildman–Crippen MR) is 53.3 cm³/mol. The Morgan fingerprint density at radius 3 is 2.57 bits per heavy atom. The van der Waals surface area contributed by atoms with Crippen LogP contribution in [0.1, 0.15) is 18.5 Å². The first-order valence-electron chi connectivity index (χ1n) is 4.36. The molecule has 0 aliphatic carbocycles. The number of aliphatic hydroxyl groups is 1. The van der Waals surface area contributed by atoms with Crippen molar-refractivity contribution in [3.63, 3.8) is 0 Å². The van der Waals surface area contributed by atoms with Crippen molar-refractivity contribution in [3.05, 3.63) is 23.8 Å². The van der Waals surface area contributed by atoms with Crippen molar-refractivity contribution in [1.29, 1.82) is 0 Å². The molecule has 1 aromatic carbocycles. The summed E-state index contributed by atoms with van der Waals surface area (Å²) in [5.74, 6) is 0.599. The summed E-state index contributed by atoms with van der Waals surface area (Å²) < 4.78 is 5.05. The van der Waals surface area contributed by atoms with E-state index in [0.29, 0.717) is 11.3 Å². The van der Waals surface area contributed by atoms with Gasteiger partial charge in [0.15, 0.2) is 0 Å². The molecule has 0 fully saturated rings. The second-order valence-electron chi connectivity index (χ2n) is 3.19. The van der Waals surface area contributed by atoms with Crippen molar-refractivity contribution in [3.8, 4) is 11.5 Å². The molecule has 78 valence electrons. The number of ether oxygens (including phenoxy) is 1. The Morgan fingerprint density at radius 2 is 2.07 bits per heavy atom. The molecule has 0 saturated heterocycles. The Kier molecular flexibility index (Phi) is 3.33. The SMILES string of the molecule is COc1cc(O)ccc1[C@H](N)[C@@H](C)O. The summed E-state index contributed by atoms with van der Waals surface area (Å²) >= 11 is 0. The Morgan fingerprint density at radius 1 is 1.43 bits per heavy atom. The molecule has 0 amide bonds. The maximum Gasteiger partial charge on any atom is 0.127 e. The largest absolute Gasteiger partial charge is 0.508 e. The number of benzene rings is 1. The molecule has 1 aromatic rings. The molecule has 0 aliphatic heterocycles. The molecule has 4 N–H and O–H groups in total. The van der Waals surface area contributed by atoms with Gasteiger partial charge in [0.1, 0.15) is 11.5 Å². The quantitative estimate of drug-likeness (QED) is 0.669. The van der Waals surface area contributed by atoms with Crippen LogP contribution in [0, 0.1) is 0 Å². The highest BCUT2D eigenvalue weighted by atomic mass is 16.5. The minimum Gasteiger partial charge on any atom is -0.508 e. The number of hydrogen-bond donors (Lipinski definition) is 3. The maximum absolute atomic E-state index is 9.32. The first-order valence-corrected chi connectivity index (χ1v) is 4.36. The van der Waals surface area contributed by atoms with E-state index in [2.05, 4.69) is 0 Å². The number of phenolic OH excluding ortho intramolecular Hbond substituents is 1. The minimum atomic E-state index is -0.659. The highest BCUT2D eigenvalue weighted by Crippen LogP contribution is 2.29. The van der Waals surface area contributed by atoms with Gasteiger partial charge in [-0.25, -0.2) is 0 Å². The smallest absolute Gasteiger partial charge is 0.127 e. The molecular weight excluding hydrogens is 182 g/mol. The van der Waals surface area contributed by atoms with Crippen molar-refractivity contribution in [1.82, 2.24) is 0 Å². The van der Waals surface area contributed by atoms with E-state index < -0.39 is 12.1 Å². The highest BCUT2D eigenvalue weighted by molar-refractivity contribution is 5.42. The van der Waals surface area contributed by atoms with Gasteiger partial charge in [0.25, 0.3) is 0 Å². The average molecular weight is 197 g/mol. The van der Waals surface area contributed by atoms with Crippen LogP contribution in [0.2, 0.25) is 0 Å². The Balaban J connectivity index is 3.07. The molecule has 4 heteroatoms. The van der Waals surface area contributed by atoms with E-state index in [1.165, 1.54) is 19.2 Å². The van der Waals surface area contributed by atoms with E-state index >= 15 is 0 Å². The summed E-state index contributed by atoms with van der Waals surface area (Å²) in [6, 6.07) is 4.12. The van der Waals surface area contributed by atoms with Crippen LogP contribution >= 0.6 is 0 Å². The Bertz CT molecular complexity index is 312. The fourth-order valence-corrected chi connectivity index (χ4v) is 1.24. The lowest BCUT2D eigenvalue weighted by Crippen LogP contribution is -2.23. The molecule has 0 spiro atoms. The molecule has 0 radical (unpaired) electrons. The summed E-state index contributed by atoms with van der Waals surface area (Å²) in [7, 11) is 1.49. The molecule has 0 aliphatic rings. The standard InChI is InChI=1S/C10H15NO3/c1-6(12)10(11)8-4-3-7(13)5-9(8)14-2/h3-6,10,12-13H,11H2,1-2H3/t6-,10-/m1/s1. The zero-order chi connectivity index (χ0) is 10.7. The topological polar surface area (TPSA) is 75.7 Å². The number of phenols is 1. The number of hydrogen-bond acceptors (Lipinski definition) is 4. The number of nitrogens with two attached hydrogens (primary N) is 1. The maximum atomic E-state index is 9.32. The van der Waals surface area contributed by atoms with Gasteiger partial charge in [0.05, 0.1) is 19.3 Å². The van der Waals surface area contributed by atoms with Gasteiger partial charge < -0.3 is 20.7 Å². The van der Waals surface area contributed by atoms with Crippen LogP contribution in [0.5, 0.6) is 11.5 Å². The van der Waals surface area contributed by atoms with Crippen LogP contribution in [0.4, 0.5) is 0 Å². The van der Waals surface area contributed by atoms with Crippen LogP contribution in [0.15, 0.2) is 18.2 Å². The van der Waals surface area contributed by atoms with Gasteiger partial charge in [0, 0.05) is 11.6 Å². The first kappa shape index (κ1) is 10.8. The number of methoxy groups -OCH3 is 1. The first-order chi connectivity index (χ1) is 6.56. The van der Waals surface area contributed by atoms with E-state index in [-0.39, 0.29) is 5.75 Å². The van der Waals surface area contributed by atoms with Crippen molar-refractivity contribution < 1.29 is 14.9 Å². The Hall–Kier alpha value is -1.26. The minimum absolute atomic E-state index is 0.114. The van der Waals surface area contributed by atoms with Crippen LogP contribution in [-0.2, 0) is 0 Å². The van der Waals surface area contributed by atoms with E-state index in [4.69, 9.17) is 10.5 Å². The Labute approximate surface area is 82.9 Å². The molecule has 14 heavy (non-hydrogen) atoms. The van der Waals surface area contributed by atoms with Crippen molar-refractivity contribution >= 4 is 0 Å². The van der Waals surface area contributed by atoms with E-state index in [1.807, 2.05) is 0 Å². The third kappa shape index (κ3) is 2.16. The third-order valence-corrected chi connectivity index (χ3v) is 2.10. The fourth-order valence-electron chi connectivity index (χ4n) is 1.24. The lowest BCUT2D eigenvalue weighted by atomic mass is 10.0. The van der Waals surface area contributed by atoms with Gasteiger partial charge in [0.2, 0.25) is 0 Å². The van der Waals surface area contributed by atoms with E-state index in [0.717, 1.165) is 0 Å². The molecule has 0 saturated carbocycles. The van der Waals surface area contributed by atoms with Crippen molar-refractivity contribution in [2.75, 3.05) is 7.11 Å². The van der Waals surface area contributed by atoms with Crippen LogP contribution in [0.25, 0.3) is 0 Å². The van der Waals surface area contributed by atoms with Crippen molar-refractivity contribution in [2.45, 2.75) is 19.1 Å². The van der Waals surface area contributed by atoms with Crippen molar-refractivity contribution in [2.24, 2.45) is 5.73 Å². The summed E-state index contributed by atoms with van der Waals surface area (Å²) in [5, 5.41) is 18.5. The zero-order valence-electron chi connectivity index (χ0n) is 8.27. The number of aliphatic hydroxyl groups excluding tert-OH is 1. The van der Waals surface area contributed by atoms with Gasteiger partial charge >= 0.3 is 0 Å². The number of rotatable bonds is 3. The van der Waals surface area contributed by atoms with Gasteiger partial charge in [-0.1, -0.05) is 0 Å². The average Bonchev–Trinajstić information content (AvgIpc) is 2.16. The molecule has 1 rings (SSSR count). The monoisotopic (exact) mass is 197 g/mol. The molecule has 0 aromatic heterocycles. The normalized spacial score (nSPS) is 14.9. The second-order valence-corrected chi connectivity index (χ2v) is 3.19. The lowest BCUT2D eigenvalue weighted by molar-refractivity contribution is 0.162. The fraction of sp³-hybridized carbons (Fsp3) is 0.400. The summed E-state index contributed by atoms with van der Waals surface area (Å²) in [6.45, 7) is 1.61. The van der Waals surface area contributed by atoms with Gasteiger partial charge in [-0.3, -0.25) is 0 Å². The van der Waals surface area contributed by atoms with Crippen LogP contribution in [-0.4, -0.2) is 23.4 Å². The van der Waals surface area contributed by atoms with E-state index in [9.17, 15) is 10.2 Å². The number of aromatic hydroxyl groups is 1. The lowest BCUT2D eigenvalue weighted by Gasteiger charge is -2.18. The highest BCUT2D eigenvalue weighted by Gasteiger charge is 2.16. The molecular formula is C10H15NO3. The molecule has 0 heterocycles. The molecule has 2 atom stereocenters. The molecule has 4 nitrogen and oxygen atoms in total. The van der Waals surface area contributed by atoms with Crippen LogP contribution in [0.3, 0.4) is 0 Å². The summed E-state index contributed by atoms with van der Waals surface area (Å²) in [4.78, 5) is 0. The zero-order valence-corrected chi connectivity index (χ0v) is 8.27. The summed E-state index contributed by atoms with van der Waals surface area (Å²) in [6.07, 6.45) is -0.659. The van der Waals surface area contributed by atoms with Gasteiger partial charge in [-0.15, -0.1) is 0 Å². The third-order valence-electron chi connectivity index (χ3n) is 2.10. The predicted octanol–water partition coefficient (Wildman–Crippen LogP) is 0.781.